The molecule has 0 saturated carbocycles. The van der Waals surface area contributed by atoms with Crippen LogP contribution in [0, 0.1) is 6.92 Å². The first-order valence-electron chi connectivity index (χ1n) is 6.97. The molecule has 0 aromatic heterocycles. The summed E-state index contributed by atoms with van der Waals surface area (Å²) in [6, 6.07) is 13.6. The zero-order valence-electron chi connectivity index (χ0n) is 12.1. The van der Waals surface area contributed by atoms with Crippen LogP contribution in [0.5, 0.6) is 0 Å². The van der Waals surface area contributed by atoms with Crippen molar-refractivity contribution in [3.05, 3.63) is 54.1 Å². The van der Waals surface area contributed by atoms with Gasteiger partial charge in [-0.1, -0.05) is 29.8 Å². The van der Waals surface area contributed by atoms with Crippen molar-refractivity contribution in [2.24, 2.45) is 0 Å². The number of rotatable bonds is 2. The number of nitrogens with zero attached hydrogens (tertiary/aromatic N) is 1. The Labute approximate surface area is 129 Å². The van der Waals surface area contributed by atoms with Crippen molar-refractivity contribution in [1.29, 1.82) is 0 Å². The molecule has 0 fully saturated rings. The van der Waals surface area contributed by atoms with E-state index in [0.29, 0.717) is 11.4 Å². The number of carbonyl (C=O) groups is 1. The Hall–Kier alpha value is -2.34. The molecule has 0 unspecified atom stereocenters. The van der Waals surface area contributed by atoms with E-state index in [0.717, 1.165) is 5.56 Å². The molecule has 0 radical (unpaired) electrons. The lowest BCUT2D eigenvalue weighted by atomic mass is 10.2. The second-order valence-electron chi connectivity index (χ2n) is 5.21. The molecule has 1 aliphatic rings. The van der Waals surface area contributed by atoms with Crippen LogP contribution < -0.4 is 9.62 Å². The molecule has 0 saturated heterocycles. The molecule has 0 bridgehead atoms. The first kappa shape index (κ1) is 14.6. The Morgan fingerprint density at radius 2 is 1.73 bits per heavy atom. The van der Waals surface area contributed by atoms with Crippen LogP contribution >= 0.6 is 0 Å². The first-order chi connectivity index (χ1) is 10.5. The molecule has 1 amide bonds. The number of sulfonamides is 1. The van der Waals surface area contributed by atoms with E-state index in [4.69, 9.17) is 0 Å². The monoisotopic (exact) mass is 316 g/mol. The molecule has 2 aromatic carbocycles. The zero-order valence-corrected chi connectivity index (χ0v) is 12.9. The molecule has 22 heavy (non-hydrogen) atoms. The number of carbonyl (C=O) groups excluding carboxylic acids is 1. The summed E-state index contributed by atoms with van der Waals surface area (Å²) in [5.74, 6) is -0.186. The van der Waals surface area contributed by atoms with Crippen molar-refractivity contribution in [3.8, 4) is 0 Å². The van der Waals surface area contributed by atoms with Crippen molar-refractivity contribution in [2.45, 2.75) is 18.2 Å². The normalized spacial score (nSPS) is 15.0. The average Bonchev–Trinajstić information content (AvgIpc) is 2.66. The summed E-state index contributed by atoms with van der Waals surface area (Å²) in [5.41, 5.74) is 2.00. The van der Waals surface area contributed by atoms with Gasteiger partial charge in [0.15, 0.2) is 0 Å². The summed E-state index contributed by atoms with van der Waals surface area (Å²) in [6.07, 6.45) is 0.125. The quantitative estimate of drug-likeness (QED) is 0.926. The third kappa shape index (κ3) is 2.57. The minimum Gasteiger partial charge on any atom is -0.324 e. The number of amides is 1. The minimum atomic E-state index is -3.70. The van der Waals surface area contributed by atoms with Gasteiger partial charge < -0.3 is 5.32 Å². The summed E-state index contributed by atoms with van der Waals surface area (Å²) in [5, 5.41) is 2.74. The van der Waals surface area contributed by atoms with E-state index in [-0.39, 0.29) is 23.8 Å². The maximum atomic E-state index is 12.9. The van der Waals surface area contributed by atoms with E-state index in [9.17, 15) is 13.2 Å². The highest BCUT2D eigenvalue weighted by molar-refractivity contribution is 7.92. The molecular weight excluding hydrogens is 300 g/mol. The topological polar surface area (TPSA) is 66.5 Å². The molecule has 1 aliphatic heterocycles. The summed E-state index contributed by atoms with van der Waals surface area (Å²) in [4.78, 5) is 12.0. The van der Waals surface area contributed by atoms with Crippen LogP contribution in [0.4, 0.5) is 11.4 Å². The van der Waals surface area contributed by atoms with E-state index in [2.05, 4.69) is 5.32 Å². The Morgan fingerprint density at radius 3 is 2.45 bits per heavy atom. The lowest BCUT2D eigenvalue weighted by molar-refractivity contribution is -0.115. The van der Waals surface area contributed by atoms with E-state index in [1.165, 1.54) is 4.31 Å². The van der Waals surface area contributed by atoms with Gasteiger partial charge in [0, 0.05) is 13.0 Å². The van der Waals surface area contributed by atoms with E-state index >= 15 is 0 Å². The largest absolute Gasteiger partial charge is 0.324 e. The van der Waals surface area contributed by atoms with Gasteiger partial charge in [-0.2, -0.15) is 0 Å². The predicted molar refractivity (Wildman–Crippen MR) is 85.4 cm³/mol. The Kier molecular flexibility index (Phi) is 3.62. The molecule has 1 heterocycles. The number of fused-ring (bicyclic) bond motifs is 1. The van der Waals surface area contributed by atoms with E-state index < -0.39 is 10.0 Å². The molecular formula is C16H16N2O3S. The van der Waals surface area contributed by atoms with Gasteiger partial charge in [-0.25, -0.2) is 8.42 Å². The number of hydrogen-bond acceptors (Lipinski definition) is 3. The summed E-state index contributed by atoms with van der Waals surface area (Å²) < 4.78 is 27.1. The number of hydrogen-bond donors (Lipinski definition) is 1. The molecule has 2 aromatic rings. The van der Waals surface area contributed by atoms with Gasteiger partial charge in [-0.15, -0.1) is 0 Å². The van der Waals surface area contributed by atoms with Crippen LogP contribution in [-0.4, -0.2) is 20.9 Å². The van der Waals surface area contributed by atoms with Crippen molar-refractivity contribution in [3.63, 3.8) is 0 Å². The molecule has 0 spiro atoms. The molecule has 5 nitrogen and oxygen atoms in total. The smallest absolute Gasteiger partial charge is 0.264 e. The Morgan fingerprint density at radius 1 is 1.05 bits per heavy atom. The molecule has 0 aliphatic carbocycles. The van der Waals surface area contributed by atoms with Gasteiger partial charge >= 0.3 is 0 Å². The van der Waals surface area contributed by atoms with Crippen LogP contribution in [0.25, 0.3) is 0 Å². The predicted octanol–water partition coefficient (Wildman–Crippen LogP) is 2.53. The molecule has 0 atom stereocenters. The van der Waals surface area contributed by atoms with Gasteiger partial charge in [-0.05, 0) is 31.2 Å². The van der Waals surface area contributed by atoms with Crippen LogP contribution in [0.15, 0.2) is 53.4 Å². The average molecular weight is 316 g/mol. The number of para-hydroxylation sites is 2. The van der Waals surface area contributed by atoms with Gasteiger partial charge in [0.05, 0.1) is 16.3 Å². The number of anilines is 2. The highest BCUT2D eigenvalue weighted by Crippen LogP contribution is 2.32. The zero-order chi connectivity index (χ0) is 15.7. The number of nitrogens with one attached hydrogen (secondary N) is 1. The minimum absolute atomic E-state index is 0.124. The summed E-state index contributed by atoms with van der Waals surface area (Å²) >= 11 is 0. The van der Waals surface area contributed by atoms with Crippen LogP contribution in [0.1, 0.15) is 12.0 Å². The maximum absolute atomic E-state index is 12.9. The van der Waals surface area contributed by atoms with Crippen LogP contribution in [0.2, 0.25) is 0 Å². The van der Waals surface area contributed by atoms with Crippen LogP contribution in [-0.2, 0) is 14.8 Å². The third-order valence-corrected chi connectivity index (χ3v) is 5.43. The summed E-state index contributed by atoms with van der Waals surface area (Å²) in [6.45, 7) is 2.03. The standard InChI is InChI=1S/C16H16N2O3S/c1-12-6-8-13(9-7-12)22(20,21)18-11-10-16(19)17-14-4-2-3-5-15(14)18/h2-9H,10-11H2,1H3,(H,17,19). The van der Waals surface area contributed by atoms with Gasteiger partial charge in [0.25, 0.3) is 10.0 Å². The number of benzene rings is 2. The van der Waals surface area contributed by atoms with Crippen molar-refractivity contribution in [2.75, 3.05) is 16.2 Å². The lowest BCUT2D eigenvalue weighted by Gasteiger charge is -2.23. The number of aryl methyl sites for hydroxylation is 1. The van der Waals surface area contributed by atoms with Crippen molar-refractivity contribution < 1.29 is 13.2 Å². The SMILES string of the molecule is Cc1ccc(S(=O)(=O)N2CCC(=O)Nc3ccccc32)cc1. The van der Waals surface area contributed by atoms with Crippen LogP contribution in [0.3, 0.4) is 0 Å². The third-order valence-electron chi connectivity index (χ3n) is 3.60. The highest BCUT2D eigenvalue weighted by atomic mass is 32.2. The maximum Gasteiger partial charge on any atom is 0.264 e. The van der Waals surface area contributed by atoms with Gasteiger partial charge in [-0.3, -0.25) is 9.10 Å². The van der Waals surface area contributed by atoms with E-state index in [1.54, 1.807) is 48.5 Å². The Bertz CT molecular complexity index is 814. The first-order valence-corrected chi connectivity index (χ1v) is 8.41. The molecule has 6 heteroatoms. The fourth-order valence-electron chi connectivity index (χ4n) is 2.42. The summed E-state index contributed by atoms with van der Waals surface area (Å²) in [7, 11) is -3.70. The molecule has 3 rings (SSSR count). The molecule has 114 valence electrons. The Balaban J connectivity index is 2.10. The second-order valence-corrected chi connectivity index (χ2v) is 7.07. The highest BCUT2D eigenvalue weighted by Gasteiger charge is 2.29. The van der Waals surface area contributed by atoms with E-state index in [1.807, 2.05) is 6.92 Å². The fraction of sp³-hybridized carbons (Fsp3) is 0.188. The second kappa shape index (κ2) is 5.46. The van der Waals surface area contributed by atoms with Gasteiger partial charge in [0.2, 0.25) is 5.91 Å². The van der Waals surface area contributed by atoms with Gasteiger partial charge in [0.1, 0.15) is 0 Å². The van der Waals surface area contributed by atoms with Crippen molar-refractivity contribution in [1.82, 2.24) is 0 Å². The fourth-order valence-corrected chi connectivity index (χ4v) is 3.90. The molecule has 1 N–H and O–H groups in total. The van der Waals surface area contributed by atoms with Crippen molar-refractivity contribution >= 4 is 27.3 Å². The lowest BCUT2D eigenvalue weighted by Crippen LogP contribution is -2.32.